The zero-order valence-corrected chi connectivity index (χ0v) is 22.7. The second-order valence-corrected chi connectivity index (χ2v) is 11.3. The van der Waals surface area contributed by atoms with Gasteiger partial charge < -0.3 is 0 Å². The fourth-order valence-corrected chi connectivity index (χ4v) is 5.11. The lowest BCUT2D eigenvalue weighted by atomic mass is 10.0. The minimum absolute atomic E-state index is 0.131. The maximum absolute atomic E-state index is 11.7. The van der Waals surface area contributed by atoms with E-state index in [0.29, 0.717) is 43.5 Å². The van der Waals surface area contributed by atoms with Crippen LogP contribution in [0.15, 0.2) is 44.0 Å². The first-order chi connectivity index (χ1) is 16.2. The third kappa shape index (κ3) is 7.30. The number of aryl methyl sites for hydroxylation is 4. The summed E-state index contributed by atoms with van der Waals surface area (Å²) < 4.78 is 65.6. The van der Waals surface area contributed by atoms with Gasteiger partial charge in [-0.3, -0.25) is 19.1 Å². The summed E-state index contributed by atoms with van der Waals surface area (Å²) in [5, 5.41) is 0. The molecule has 2 N–H and O–H groups in total. The molecule has 0 heterocycles. The summed E-state index contributed by atoms with van der Waals surface area (Å²) in [5.41, 5.74) is 5.88. The molecule has 0 saturated carbocycles. The molecule has 0 amide bonds. The molecule has 8 nitrogen and oxygen atoms in total. The molecule has 0 aliphatic heterocycles. The molecule has 0 atom stereocenters. The lowest BCUT2D eigenvalue weighted by Gasteiger charge is -2.14. The second-order valence-electron chi connectivity index (χ2n) is 8.42. The quantitative estimate of drug-likeness (QED) is 0.303. The van der Waals surface area contributed by atoms with Crippen molar-refractivity contribution in [3.8, 4) is 0 Å². The summed E-state index contributed by atoms with van der Waals surface area (Å²) in [6.07, 6.45) is 2.66. The van der Waals surface area contributed by atoms with Crippen molar-refractivity contribution >= 4 is 43.0 Å². The predicted octanol–water partition coefficient (Wildman–Crippen LogP) is 5.70. The van der Waals surface area contributed by atoms with Crippen molar-refractivity contribution in [1.82, 2.24) is 0 Å². The summed E-state index contributed by atoms with van der Waals surface area (Å²) in [6, 6.07) is 5.83. The number of hydrogen-bond acceptors (Lipinski definition) is 6. The van der Waals surface area contributed by atoms with Gasteiger partial charge in [-0.2, -0.15) is 16.8 Å². The molecule has 0 aliphatic carbocycles. The van der Waals surface area contributed by atoms with Gasteiger partial charge in [-0.25, -0.2) is 0 Å². The van der Waals surface area contributed by atoms with Crippen molar-refractivity contribution in [3.05, 3.63) is 46.5 Å². The fourth-order valence-electron chi connectivity index (χ4n) is 3.95. The molecule has 0 aromatic heterocycles. The van der Waals surface area contributed by atoms with Crippen molar-refractivity contribution < 1.29 is 25.9 Å². The molecule has 0 spiro atoms. The smallest absolute Gasteiger partial charge is 0.282 e. The molecule has 2 aromatic rings. The predicted molar refractivity (Wildman–Crippen MR) is 140 cm³/mol. The van der Waals surface area contributed by atoms with Crippen molar-refractivity contribution in [2.45, 2.75) is 83.4 Å². The molecule has 0 bridgehead atoms. The van der Waals surface area contributed by atoms with Crippen LogP contribution < -0.4 is 0 Å². The summed E-state index contributed by atoms with van der Waals surface area (Å²) in [5.74, 6) is 0. The van der Waals surface area contributed by atoms with Crippen molar-refractivity contribution in [2.75, 3.05) is 0 Å². The Bertz CT molecular complexity index is 1220. The summed E-state index contributed by atoms with van der Waals surface area (Å²) in [6.45, 7) is 11.3. The molecule has 10 heteroatoms. The highest BCUT2D eigenvalue weighted by Gasteiger charge is 2.18. The minimum Gasteiger partial charge on any atom is -0.282 e. The normalized spacial score (nSPS) is 13.4. The van der Waals surface area contributed by atoms with Crippen molar-refractivity contribution in [1.29, 1.82) is 0 Å². The Morgan fingerprint density at radius 1 is 0.629 bits per heavy atom. The van der Waals surface area contributed by atoms with Crippen LogP contribution in [0.2, 0.25) is 0 Å². The van der Waals surface area contributed by atoms with E-state index in [1.807, 2.05) is 41.5 Å². The summed E-state index contributed by atoms with van der Waals surface area (Å²) in [7, 11) is -8.63. The monoisotopic (exact) mass is 522 g/mol. The van der Waals surface area contributed by atoms with E-state index in [2.05, 4.69) is 0 Å². The summed E-state index contributed by atoms with van der Waals surface area (Å²) >= 11 is 0. The largest absolute Gasteiger partial charge is 0.294 e. The van der Waals surface area contributed by atoms with Gasteiger partial charge >= 0.3 is 0 Å². The van der Waals surface area contributed by atoms with E-state index in [0.717, 1.165) is 33.7 Å². The van der Waals surface area contributed by atoms with E-state index < -0.39 is 20.2 Å². The van der Waals surface area contributed by atoms with Crippen LogP contribution in [0.1, 0.15) is 70.2 Å². The van der Waals surface area contributed by atoms with E-state index in [1.54, 1.807) is 0 Å². The molecule has 0 aliphatic rings. The highest BCUT2D eigenvalue weighted by Crippen LogP contribution is 2.32. The molecule has 0 unspecified atom stereocenters. The molecule has 192 valence electrons. The number of nitrogens with zero attached hydrogens (tertiary/aromatic N) is 2. The number of hydrogen-bond donors (Lipinski definition) is 2. The first kappa shape index (κ1) is 28.8. The van der Waals surface area contributed by atoms with Crippen LogP contribution in [0.25, 0.3) is 0 Å². The highest BCUT2D eigenvalue weighted by molar-refractivity contribution is 7.86. The first-order valence-corrected chi connectivity index (χ1v) is 14.5. The molecule has 2 rings (SSSR count). The van der Waals surface area contributed by atoms with Crippen LogP contribution in [0.3, 0.4) is 0 Å². The third-order valence-electron chi connectivity index (χ3n) is 5.72. The van der Waals surface area contributed by atoms with Gasteiger partial charge in [0.05, 0.1) is 21.2 Å². The molecule has 0 fully saturated rings. The molecular formula is C25H34N2O6S2. The van der Waals surface area contributed by atoms with Gasteiger partial charge in [-0.05, 0) is 86.1 Å². The lowest BCUT2D eigenvalue weighted by molar-refractivity contribution is 0.480. The van der Waals surface area contributed by atoms with Gasteiger partial charge in [0.2, 0.25) is 0 Å². The SMILES string of the molecule is CCc1cc(S(=O)(=O)O)cc(CC)c1N=C(C)CC(C)=Nc1c(CC)cc(S(=O)(=O)O)cc1CC. The van der Waals surface area contributed by atoms with Crippen LogP contribution >= 0.6 is 0 Å². The van der Waals surface area contributed by atoms with Gasteiger partial charge in [-0.1, -0.05) is 27.7 Å². The maximum Gasteiger partial charge on any atom is 0.294 e. The topological polar surface area (TPSA) is 133 Å². The molecular weight excluding hydrogens is 488 g/mol. The zero-order chi connectivity index (χ0) is 26.6. The Hall–Kier alpha value is -2.40. The van der Waals surface area contributed by atoms with E-state index in [1.165, 1.54) is 24.3 Å². The number of rotatable bonds is 10. The molecule has 0 saturated heterocycles. The lowest BCUT2D eigenvalue weighted by Crippen LogP contribution is -2.05. The average Bonchev–Trinajstić information content (AvgIpc) is 2.77. The van der Waals surface area contributed by atoms with E-state index in [4.69, 9.17) is 9.98 Å². The van der Waals surface area contributed by atoms with Crippen LogP contribution in [0, 0.1) is 0 Å². The van der Waals surface area contributed by atoms with Gasteiger partial charge in [0.1, 0.15) is 0 Å². The Balaban J connectivity index is 2.51. The Morgan fingerprint density at radius 3 is 1.09 bits per heavy atom. The standard InChI is InChI=1S/C25H34N2O6S2/c1-7-18-12-22(34(28,29)30)13-19(8-2)24(18)26-16(5)11-17(6)27-25-20(9-3)14-23(35(31,32)33)15-21(25)10-4/h12-15H,7-11H2,1-6H3,(H,28,29,30)(H,31,32,33). The molecule has 0 radical (unpaired) electrons. The van der Waals surface area contributed by atoms with Crippen LogP contribution in [-0.2, 0) is 45.9 Å². The fraction of sp³-hybridized carbons (Fsp3) is 0.440. The Labute approximate surface area is 208 Å². The Kier molecular flexibility index (Phi) is 9.52. The maximum atomic E-state index is 11.7. The first-order valence-electron chi connectivity index (χ1n) is 11.6. The van der Waals surface area contributed by atoms with Crippen LogP contribution in [0.5, 0.6) is 0 Å². The van der Waals surface area contributed by atoms with Gasteiger partial charge in [-0.15, -0.1) is 0 Å². The average molecular weight is 523 g/mol. The highest BCUT2D eigenvalue weighted by atomic mass is 32.2. The Morgan fingerprint density at radius 2 is 0.886 bits per heavy atom. The zero-order valence-electron chi connectivity index (χ0n) is 21.1. The van der Waals surface area contributed by atoms with Gasteiger partial charge in [0.15, 0.2) is 0 Å². The third-order valence-corrected chi connectivity index (χ3v) is 7.38. The van der Waals surface area contributed by atoms with Crippen LogP contribution in [-0.4, -0.2) is 37.4 Å². The van der Waals surface area contributed by atoms with E-state index >= 15 is 0 Å². The van der Waals surface area contributed by atoms with Crippen LogP contribution in [0.4, 0.5) is 11.4 Å². The van der Waals surface area contributed by atoms with Gasteiger partial charge in [0.25, 0.3) is 20.2 Å². The number of benzene rings is 2. The number of aliphatic imine (C=N–C) groups is 2. The minimum atomic E-state index is -4.31. The van der Waals surface area contributed by atoms with E-state index in [9.17, 15) is 25.9 Å². The summed E-state index contributed by atoms with van der Waals surface area (Å²) in [4.78, 5) is 9.31. The van der Waals surface area contributed by atoms with E-state index in [-0.39, 0.29) is 9.79 Å². The second kappa shape index (κ2) is 11.6. The van der Waals surface area contributed by atoms with Gasteiger partial charge in [0, 0.05) is 17.8 Å². The molecule has 2 aromatic carbocycles. The van der Waals surface area contributed by atoms with Crippen molar-refractivity contribution in [2.24, 2.45) is 9.98 Å². The molecule has 35 heavy (non-hydrogen) atoms. The van der Waals surface area contributed by atoms with Crippen molar-refractivity contribution in [3.63, 3.8) is 0 Å².